The van der Waals surface area contributed by atoms with Crippen LogP contribution >= 0.6 is 0 Å². The average molecular weight is 404 g/mol. The summed E-state index contributed by atoms with van der Waals surface area (Å²) in [6, 6.07) is 14.3. The van der Waals surface area contributed by atoms with E-state index in [2.05, 4.69) is 0 Å². The Labute approximate surface area is 166 Å². The topological polar surface area (TPSA) is 72.9 Å². The van der Waals surface area contributed by atoms with Crippen molar-refractivity contribution in [2.75, 3.05) is 19.4 Å². The Morgan fingerprint density at radius 3 is 2.39 bits per heavy atom. The lowest BCUT2D eigenvalue weighted by molar-refractivity contribution is 0.0507. The van der Waals surface area contributed by atoms with E-state index < -0.39 is 10.1 Å². The molecule has 0 aromatic heterocycles. The molecule has 6 nitrogen and oxygen atoms in total. The van der Waals surface area contributed by atoms with E-state index in [0.717, 1.165) is 36.8 Å². The van der Waals surface area contributed by atoms with Crippen LogP contribution in [0.4, 0.5) is 0 Å². The monoisotopic (exact) mass is 403 g/mol. The molecule has 150 valence electrons. The zero-order valence-corrected chi connectivity index (χ0v) is 16.9. The molecule has 2 aromatic rings. The first-order valence-corrected chi connectivity index (χ1v) is 11.1. The number of carbonyl (C=O) groups excluding carboxylic acids is 1. The van der Waals surface area contributed by atoms with Gasteiger partial charge in [-0.3, -0.25) is 4.79 Å². The van der Waals surface area contributed by atoms with E-state index in [4.69, 9.17) is 8.92 Å². The molecule has 1 saturated heterocycles. The van der Waals surface area contributed by atoms with Gasteiger partial charge in [-0.1, -0.05) is 29.8 Å². The fourth-order valence-corrected chi connectivity index (χ4v) is 3.64. The average Bonchev–Trinajstić information content (AvgIpc) is 3.15. The number of amides is 1. The van der Waals surface area contributed by atoms with E-state index in [9.17, 15) is 13.2 Å². The highest BCUT2D eigenvalue weighted by molar-refractivity contribution is 7.86. The van der Waals surface area contributed by atoms with Crippen LogP contribution in [0, 0.1) is 6.92 Å². The number of nitrogens with zero attached hydrogens (tertiary/aromatic N) is 1. The van der Waals surface area contributed by atoms with Gasteiger partial charge in [0.2, 0.25) is 0 Å². The lowest BCUT2D eigenvalue weighted by Crippen LogP contribution is -2.37. The third-order valence-corrected chi connectivity index (χ3v) is 5.07. The minimum Gasteiger partial charge on any atom is -0.383 e. The number of rotatable bonds is 7. The Morgan fingerprint density at radius 2 is 1.82 bits per heavy atom. The Balaban J connectivity index is 1.76. The zero-order valence-electron chi connectivity index (χ0n) is 16.1. The van der Waals surface area contributed by atoms with Crippen LogP contribution in [0.5, 0.6) is 5.75 Å². The first-order chi connectivity index (χ1) is 13.3. The molecule has 7 heteroatoms. The van der Waals surface area contributed by atoms with Crippen LogP contribution < -0.4 is 4.18 Å². The fourth-order valence-electron chi connectivity index (χ4n) is 3.18. The summed E-state index contributed by atoms with van der Waals surface area (Å²) < 4.78 is 33.1. The molecular weight excluding hydrogens is 378 g/mol. The lowest BCUT2D eigenvalue weighted by Gasteiger charge is -2.26. The second-order valence-corrected chi connectivity index (χ2v) is 8.69. The molecule has 3 rings (SSSR count). The van der Waals surface area contributed by atoms with Crippen molar-refractivity contribution in [2.24, 2.45) is 0 Å². The molecule has 1 unspecified atom stereocenters. The lowest BCUT2D eigenvalue weighted by atomic mass is 10.1. The summed E-state index contributed by atoms with van der Waals surface area (Å²) >= 11 is 0. The Morgan fingerprint density at radius 1 is 1.14 bits per heavy atom. The maximum absolute atomic E-state index is 13.1. The van der Waals surface area contributed by atoms with Crippen molar-refractivity contribution in [2.45, 2.75) is 32.4 Å². The van der Waals surface area contributed by atoms with Gasteiger partial charge in [-0.2, -0.15) is 8.42 Å². The van der Waals surface area contributed by atoms with Crippen LogP contribution in [0.25, 0.3) is 0 Å². The van der Waals surface area contributed by atoms with Crippen molar-refractivity contribution in [1.29, 1.82) is 0 Å². The number of carbonyl (C=O) groups is 1. The number of hydrogen-bond acceptors (Lipinski definition) is 5. The molecule has 0 radical (unpaired) electrons. The summed E-state index contributed by atoms with van der Waals surface area (Å²) in [5, 5.41) is 0. The summed E-state index contributed by atoms with van der Waals surface area (Å²) in [5.74, 6) is 0.203. The third kappa shape index (κ3) is 5.81. The third-order valence-electron chi connectivity index (χ3n) is 4.58. The second-order valence-electron chi connectivity index (χ2n) is 7.12. The smallest absolute Gasteiger partial charge is 0.306 e. The van der Waals surface area contributed by atoms with Crippen molar-refractivity contribution in [3.05, 3.63) is 65.2 Å². The second kappa shape index (κ2) is 8.75. The van der Waals surface area contributed by atoms with E-state index in [-0.39, 0.29) is 17.8 Å². The van der Waals surface area contributed by atoms with Gasteiger partial charge in [0, 0.05) is 25.3 Å². The molecular formula is C21H25NO5S. The van der Waals surface area contributed by atoms with E-state index >= 15 is 0 Å². The van der Waals surface area contributed by atoms with Gasteiger partial charge in [0.05, 0.1) is 12.4 Å². The minimum absolute atomic E-state index is 0.0437. The number of aryl methyl sites for hydroxylation is 1. The molecule has 1 fully saturated rings. The van der Waals surface area contributed by atoms with Gasteiger partial charge in [0.1, 0.15) is 5.75 Å². The maximum atomic E-state index is 13.1. The normalized spacial score (nSPS) is 16.7. The largest absolute Gasteiger partial charge is 0.383 e. The molecule has 0 bridgehead atoms. The highest BCUT2D eigenvalue weighted by Gasteiger charge is 2.23. The summed E-state index contributed by atoms with van der Waals surface area (Å²) in [6.45, 7) is 3.65. The SMILES string of the molecule is Cc1ccc(C(=O)N(Cc2ccc(OS(C)(=O)=O)cc2)CC2CCCO2)cc1. The van der Waals surface area contributed by atoms with Crippen LogP contribution in [0.3, 0.4) is 0 Å². The summed E-state index contributed by atoms with van der Waals surface area (Å²) in [6.07, 6.45) is 3.00. The van der Waals surface area contributed by atoms with Crippen molar-refractivity contribution in [3.63, 3.8) is 0 Å². The molecule has 1 amide bonds. The first-order valence-electron chi connectivity index (χ1n) is 9.26. The quantitative estimate of drug-likeness (QED) is 0.664. The molecule has 1 heterocycles. The summed E-state index contributed by atoms with van der Waals surface area (Å²) in [7, 11) is -3.56. The predicted octanol–water partition coefficient (Wildman–Crippen LogP) is 3.15. The summed E-state index contributed by atoms with van der Waals surface area (Å²) in [4.78, 5) is 14.9. The highest BCUT2D eigenvalue weighted by atomic mass is 32.2. The number of ether oxygens (including phenoxy) is 1. The van der Waals surface area contributed by atoms with Gasteiger partial charge in [0.15, 0.2) is 0 Å². The molecule has 0 spiro atoms. The fraction of sp³-hybridized carbons (Fsp3) is 0.381. The number of benzene rings is 2. The molecule has 1 aliphatic heterocycles. The van der Waals surface area contributed by atoms with E-state index in [0.29, 0.717) is 18.7 Å². The molecule has 1 atom stereocenters. The Kier molecular flexibility index (Phi) is 6.36. The van der Waals surface area contributed by atoms with Crippen LogP contribution in [-0.4, -0.2) is 44.7 Å². The van der Waals surface area contributed by atoms with Crippen molar-refractivity contribution in [3.8, 4) is 5.75 Å². The highest BCUT2D eigenvalue weighted by Crippen LogP contribution is 2.20. The van der Waals surface area contributed by atoms with Crippen molar-refractivity contribution >= 4 is 16.0 Å². The molecule has 1 aliphatic rings. The summed E-state index contributed by atoms with van der Waals surface area (Å²) in [5.41, 5.74) is 2.63. The van der Waals surface area contributed by atoms with Crippen molar-refractivity contribution in [1.82, 2.24) is 4.90 Å². The van der Waals surface area contributed by atoms with Crippen LogP contribution in [0.2, 0.25) is 0 Å². The van der Waals surface area contributed by atoms with E-state index in [1.54, 1.807) is 29.2 Å². The maximum Gasteiger partial charge on any atom is 0.306 e. The molecule has 0 aliphatic carbocycles. The van der Waals surface area contributed by atoms with Gasteiger partial charge in [0.25, 0.3) is 5.91 Å². The molecule has 0 N–H and O–H groups in total. The van der Waals surface area contributed by atoms with Crippen LogP contribution in [0.1, 0.15) is 34.3 Å². The van der Waals surface area contributed by atoms with Gasteiger partial charge in [-0.25, -0.2) is 0 Å². The van der Waals surface area contributed by atoms with Gasteiger partial charge < -0.3 is 13.8 Å². The molecule has 0 saturated carbocycles. The predicted molar refractivity (Wildman–Crippen MR) is 107 cm³/mol. The zero-order chi connectivity index (χ0) is 20.1. The Hall–Kier alpha value is -2.38. The first kappa shape index (κ1) is 20.4. The van der Waals surface area contributed by atoms with Gasteiger partial charge >= 0.3 is 10.1 Å². The minimum atomic E-state index is -3.56. The van der Waals surface area contributed by atoms with Gasteiger partial charge in [-0.15, -0.1) is 0 Å². The van der Waals surface area contributed by atoms with Crippen LogP contribution in [0.15, 0.2) is 48.5 Å². The standard InChI is InChI=1S/C21H25NO5S/c1-16-5-9-18(10-6-16)21(23)22(15-20-4-3-13-26-20)14-17-7-11-19(12-8-17)27-28(2,24)25/h5-12,20H,3-4,13-15H2,1-2H3. The molecule has 28 heavy (non-hydrogen) atoms. The van der Waals surface area contributed by atoms with E-state index in [1.165, 1.54) is 0 Å². The van der Waals surface area contributed by atoms with E-state index in [1.807, 2.05) is 31.2 Å². The Bertz CT molecular complexity index is 901. The van der Waals surface area contributed by atoms with Crippen LogP contribution in [-0.2, 0) is 21.4 Å². The molecule has 2 aromatic carbocycles. The van der Waals surface area contributed by atoms with Crippen molar-refractivity contribution < 1.29 is 22.1 Å². The van der Waals surface area contributed by atoms with Gasteiger partial charge in [-0.05, 0) is 49.6 Å². The number of hydrogen-bond donors (Lipinski definition) is 0.